The molecule has 0 aromatic heterocycles. The van der Waals surface area contributed by atoms with E-state index in [0.29, 0.717) is 11.1 Å². The van der Waals surface area contributed by atoms with Crippen molar-refractivity contribution in [2.24, 2.45) is 0 Å². The summed E-state index contributed by atoms with van der Waals surface area (Å²) in [5.41, 5.74) is 1.04. The van der Waals surface area contributed by atoms with Crippen molar-refractivity contribution in [3.8, 4) is 0 Å². The average Bonchev–Trinajstić information content (AvgIpc) is 2.46. The van der Waals surface area contributed by atoms with Gasteiger partial charge in [-0.25, -0.2) is 8.42 Å². The van der Waals surface area contributed by atoms with Crippen molar-refractivity contribution < 1.29 is 13.2 Å². The fourth-order valence-corrected chi connectivity index (χ4v) is 3.90. The minimum Gasteiger partial charge on any atom is -0.293 e. The lowest BCUT2D eigenvalue weighted by Gasteiger charge is -2.14. The van der Waals surface area contributed by atoms with Crippen molar-refractivity contribution in [1.82, 2.24) is 0 Å². The highest BCUT2D eigenvalue weighted by atomic mass is 79.9. The lowest BCUT2D eigenvalue weighted by atomic mass is 10.1. The van der Waals surface area contributed by atoms with E-state index < -0.39 is 20.9 Å². The maximum absolute atomic E-state index is 12.6. The number of hydrogen-bond donors (Lipinski definition) is 0. The molecule has 3 nitrogen and oxygen atoms in total. The second-order valence-corrected chi connectivity index (χ2v) is 7.98. The van der Waals surface area contributed by atoms with E-state index in [9.17, 15) is 13.2 Å². The van der Waals surface area contributed by atoms with Crippen LogP contribution in [0.25, 0.3) is 0 Å². The Morgan fingerprint density at radius 2 is 1.62 bits per heavy atom. The molecule has 0 radical (unpaired) electrons. The molecule has 5 heteroatoms. The number of hydrogen-bond acceptors (Lipinski definition) is 3. The Labute approximate surface area is 133 Å². The van der Waals surface area contributed by atoms with Crippen LogP contribution >= 0.6 is 15.9 Å². The van der Waals surface area contributed by atoms with Gasteiger partial charge in [-0.1, -0.05) is 46.3 Å². The molecule has 0 aliphatic carbocycles. The Kier molecular flexibility index (Phi) is 4.64. The maximum atomic E-state index is 12.6. The van der Waals surface area contributed by atoms with Crippen molar-refractivity contribution in [3.05, 3.63) is 64.1 Å². The summed E-state index contributed by atoms with van der Waals surface area (Å²) in [6.45, 7) is 3.16. The molecule has 2 aromatic rings. The SMILES string of the molecule is Cc1ccccc1S(=O)(=O)C(C)C(=O)c1ccc(Br)cc1. The summed E-state index contributed by atoms with van der Waals surface area (Å²) in [5.74, 6) is -0.397. The monoisotopic (exact) mass is 366 g/mol. The first-order valence-electron chi connectivity index (χ1n) is 6.43. The lowest BCUT2D eigenvalue weighted by molar-refractivity contribution is 0.0991. The molecule has 110 valence electrons. The van der Waals surface area contributed by atoms with Crippen LogP contribution in [0.3, 0.4) is 0 Å². The van der Waals surface area contributed by atoms with Crippen molar-refractivity contribution in [3.63, 3.8) is 0 Å². The van der Waals surface area contributed by atoms with Crippen molar-refractivity contribution in [1.29, 1.82) is 0 Å². The van der Waals surface area contributed by atoms with Gasteiger partial charge in [-0.2, -0.15) is 0 Å². The fourth-order valence-electron chi connectivity index (χ4n) is 2.06. The van der Waals surface area contributed by atoms with Gasteiger partial charge >= 0.3 is 0 Å². The zero-order valence-electron chi connectivity index (χ0n) is 11.7. The molecule has 2 rings (SSSR count). The normalized spacial score (nSPS) is 12.9. The Morgan fingerprint density at radius 3 is 2.19 bits per heavy atom. The van der Waals surface area contributed by atoms with Gasteiger partial charge in [-0.3, -0.25) is 4.79 Å². The molecule has 0 saturated heterocycles. The molecular weight excluding hydrogens is 352 g/mol. The van der Waals surface area contributed by atoms with Crippen LogP contribution in [0.2, 0.25) is 0 Å². The summed E-state index contributed by atoms with van der Waals surface area (Å²) >= 11 is 3.29. The van der Waals surface area contributed by atoms with E-state index in [1.165, 1.54) is 13.0 Å². The molecule has 0 aliphatic rings. The molecule has 2 aromatic carbocycles. The molecule has 0 fully saturated rings. The minimum absolute atomic E-state index is 0.211. The first-order chi connectivity index (χ1) is 9.84. The predicted octanol–water partition coefficient (Wildman–Crippen LogP) is 3.80. The standard InChI is InChI=1S/C16H15BrO3S/c1-11-5-3-4-6-15(11)21(19,20)12(2)16(18)13-7-9-14(17)10-8-13/h3-10,12H,1-2H3. The Morgan fingerprint density at radius 1 is 1.05 bits per heavy atom. The van der Waals surface area contributed by atoms with Crippen molar-refractivity contribution >= 4 is 31.6 Å². The largest absolute Gasteiger partial charge is 0.293 e. The first kappa shape index (κ1) is 15.9. The third-order valence-corrected chi connectivity index (χ3v) is 6.11. The van der Waals surface area contributed by atoms with Crippen LogP contribution in [0.5, 0.6) is 0 Å². The number of ketones is 1. The summed E-state index contributed by atoms with van der Waals surface area (Å²) in [4.78, 5) is 12.6. The first-order valence-corrected chi connectivity index (χ1v) is 8.77. The molecule has 0 heterocycles. The third-order valence-electron chi connectivity index (χ3n) is 3.36. The van der Waals surface area contributed by atoms with Gasteiger partial charge in [0.1, 0.15) is 5.25 Å². The van der Waals surface area contributed by atoms with Gasteiger partial charge in [0.25, 0.3) is 0 Å². The number of sulfone groups is 1. The van der Waals surface area contributed by atoms with Gasteiger partial charge in [0.2, 0.25) is 0 Å². The lowest BCUT2D eigenvalue weighted by Crippen LogP contribution is -2.28. The van der Waals surface area contributed by atoms with Crippen LogP contribution in [0.15, 0.2) is 57.9 Å². The molecule has 0 bridgehead atoms. The molecule has 1 atom stereocenters. The van der Waals surface area contributed by atoms with Gasteiger partial charge in [0.05, 0.1) is 4.90 Å². The van der Waals surface area contributed by atoms with Gasteiger partial charge in [-0.15, -0.1) is 0 Å². The van der Waals surface area contributed by atoms with E-state index >= 15 is 0 Å². The van der Waals surface area contributed by atoms with E-state index in [4.69, 9.17) is 0 Å². The second-order valence-electron chi connectivity index (χ2n) is 4.82. The zero-order valence-corrected chi connectivity index (χ0v) is 14.1. The van der Waals surface area contributed by atoms with E-state index in [2.05, 4.69) is 15.9 Å². The molecule has 0 saturated carbocycles. The van der Waals surface area contributed by atoms with E-state index in [0.717, 1.165) is 4.47 Å². The highest BCUT2D eigenvalue weighted by Gasteiger charge is 2.31. The maximum Gasteiger partial charge on any atom is 0.188 e. The summed E-state index contributed by atoms with van der Waals surface area (Å²) < 4.78 is 26.1. The van der Waals surface area contributed by atoms with Crippen LogP contribution in [0.1, 0.15) is 22.8 Å². The number of halogens is 1. The molecule has 0 aliphatic heterocycles. The Hall–Kier alpha value is -1.46. The second kappa shape index (κ2) is 6.12. The number of aryl methyl sites for hydroxylation is 1. The zero-order chi connectivity index (χ0) is 15.6. The quantitative estimate of drug-likeness (QED) is 0.773. The van der Waals surface area contributed by atoms with Crippen LogP contribution < -0.4 is 0 Å². The molecule has 0 spiro atoms. The fraction of sp³-hybridized carbons (Fsp3) is 0.188. The number of carbonyl (C=O) groups excluding carboxylic acids is 1. The summed E-state index contributed by atoms with van der Waals surface area (Å²) in [5, 5.41) is -1.11. The molecule has 0 N–H and O–H groups in total. The third kappa shape index (κ3) is 3.24. The van der Waals surface area contributed by atoms with Crippen molar-refractivity contribution in [2.75, 3.05) is 0 Å². The van der Waals surface area contributed by atoms with E-state index in [1.807, 2.05) is 0 Å². The molecule has 0 amide bonds. The minimum atomic E-state index is -3.69. The molecular formula is C16H15BrO3S. The predicted molar refractivity (Wildman–Crippen MR) is 86.3 cm³/mol. The average molecular weight is 367 g/mol. The number of Topliss-reactive ketones (excluding diaryl/α,β-unsaturated/α-hetero) is 1. The van der Waals surface area contributed by atoms with E-state index in [-0.39, 0.29) is 4.90 Å². The number of rotatable bonds is 4. The Balaban J connectivity index is 2.39. The number of benzene rings is 2. The summed E-state index contributed by atoms with van der Waals surface area (Å²) in [6.07, 6.45) is 0. The van der Waals surface area contributed by atoms with E-state index in [1.54, 1.807) is 49.4 Å². The van der Waals surface area contributed by atoms with Crippen LogP contribution in [0.4, 0.5) is 0 Å². The summed E-state index contributed by atoms with van der Waals surface area (Å²) in [6, 6.07) is 13.4. The smallest absolute Gasteiger partial charge is 0.188 e. The highest BCUT2D eigenvalue weighted by molar-refractivity contribution is 9.10. The van der Waals surface area contributed by atoms with Gasteiger partial charge in [-0.05, 0) is 37.6 Å². The molecule has 1 unspecified atom stereocenters. The topological polar surface area (TPSA) is 51.2 Å². The number of carbonyl (C=O) groups is 1. The van der Waals surface area contributed by atoms with Crippen LogP contribution in [-0.4, -0.2) is 19.5 Å². The van der Waals surface area contributed by atoms with Crippen LogP contribution in [0, 0.1) is 6.92 Å². The van der Waals surface area contributed by atoms with Crippen molar-refractivity contribution in [2.45, 2.75) is 24.0 Å². The van der Waals surface area contributed by atoms with Crippen LogP contribution in [-0.2, 0) is 9.84 Å². The van der Waals surface area contributed by atoms with Gasteiger partial charge in [0, 0.05) is 10.0 Å². The van der Waals surface area contributed by atoms with Gasteiger partial charge in [0.15, 0.2) is 15.6 Å². The highest BCUT2D eigenvalue weighted by Crippen LogP contribution is 2.22. The summed E-state index contributed by atoms with van der Waals surface area (Å²) in [7, 11) is -3.69. The van der Waals surface area contributed by atoms with Gasteiger partial charge < -0.3 is 0 Å². The Bertz CT molecular complexity index is 764. The molecule has 21 heavy (non-hydrogen) atoms.